The molecule has 8 rings (SSSR count). The lowest BCUT2D eigenvalue weighted by Crippen LogP contribution is -2.30. The van der Waals surface area contributed by atoms with Crippen LogP contribution in [0.15, 0.2) is 132 Å². The van der Waals surface area contributed by atoms with Crippen LogP contribution in [0.25, 0.3) is 72.3 Å². The Morgan fingerprint density at radius 3 is 1.85 bits per heavy atom. The highest BCUT2D eigenvalue weighted by Gasteiger charge is 2.33. The van der Waals surface area contributed by atoms with E-state index in [1.807, 2.05) is 0 Å². The van der Waals surface area contributed by atoms with Crippen molar-refractivity contribution in [2.75, 3.05) is 0 Å². The molecular weight excluding hydrogens is 585 g/mol. The number of aromatic nitrogens is 2. The summed E-state index contributed by atoms with van der Waals surface area (Å²) in [4.78, 5) is 0. The molecule has 48 heavy (non-hydrogen) atoms. The molecule has 0 aliphatic heterocycles. The molecule has 3 heteroatoms. The summed E-state index contributed by atoms with van der Waals surface area (Å²) in [6, 6.07) is 46.1. The van der Waals surface area contributed by atoms with Crippen molar-refractivity contribution >= 4 is 33.0 Å². The minimum Gasteiger partial charge on any atom is -0.456 e. The molecular formula is C45H41N2O+. The van der Waals surface area contributed by atoms with Crippen molar-refractivity contribution < 1.29 is 8.98 Å². The van der Waals surface area contributed by atoms with Crippen LogP contribution in [0.5, 0.6) is 0 Å². The highest BCUT2D eigenvalue weighted by Crippen LogP contribution is 2.43. The number of hydrogen-bond donors (Lipinski definition) is 0. The van der Waals surface area contributed by atoms with Crippen LogP contribution in [0, 0.1) is 6.92 Å². The van der Waals surface area contributed by atoms with Gasteiger partial charge in [-0.2, -0.15) is 4.57 Å². The van der Waals surface area contributed by atoms with E-state index in [0.29, 0.717) is 11.8 Å². The van der Waals surface area contributed by atoms with Crippen molar-refractivity contribution in [1.82, 2.24) is 4.57 Å². The number of fused-ring (bicyclic) bond motifs is 4. The summed E-state index contributed by atoms with van der Waals surface area (Å²) in [5.74, 6) is 1.76. The maximum atomic E-state index is 6.44. The fraction of sp³-hybridized carbons (Fsp3) is 0.178. The van der Waals surface area contributed by atoms with Crippen LogP contribution in [0.1, 0.15) is 56.2 Å². The highest BCUT2D eigenvalue weighted by atomic mass is 16.3. The second-order valence-electron chi connectivity index (χ2n) is 13.7. The summed E-state index contributed by atoms with van der Waals surface area (Å²) in [6.07, 6.45) is 0. The minimum absolute atomic E-state index is 0.298. The van der Waals surface area contributed by atoms with Gasteiger partial charge in [0.2, 0.25) is 0 Å². The Labute approximate surface area is 282 Å². The molecule has 0 aliphatic carbocycles. The third-order valence-electron chi connectivity index (χ3n) is 9.95. The molecule has 0 aliphatic rings. The molecule has 0 saturated carbocycles. The van der Waals surface area contributed by atoms with Crippen LogP contribution in [-0.2, 0) is 7.05 Å². The van der Waals surface area contributed by atoms with E-state index in [0.717, 1.165) is 27.8 Å². The molecule has 6 aromatic carbocycles. The van der Waals surface area contributed by atoms with Crippen molar-refractivity contribution in [3.05, 3.63) is 144 Å². The predicted molar refractivity (Wildman–Crippen MR) is 201 cm³/mol. The van der Waals surface area contributed by atoms with Crippen LogP contribution >= 0.6 is 0 Å². The van der Waals surface area contributed by atoms with E-state index in [-0.39, 0.29) is 0 Å². The monoisotopic (exact) mass is 625 g/mol. The Bertz CT molecular complexity index is 2430. The molecule has 8 aromatic rings. The standard InChI is InChI=1S/C45H41N2O/c1-28(2)36-26-34(33-23-21-32(22-24-33)31-14-8-7-9-15-31)27-37(29(3)4)44(36)47-39-18-12-11-17-38(39)46(6)45(47)42-30(5)20-25-41-43(42)35-16-10-13-19-40(35)48-41/h7-29H,1-6H3/q+1. The molecule has 0 unspecified atom stereocenters. The molecule has 2 aromatic heterocycles. The van der Waals surface area contributed by atoms with Gasteiger partial charge in [-0.3, -0.25) is 0 Å². The average molecular weight is 626 g/mol. The maximum absolute atomic E-state index is 6.44. The first-order chi connectivity index (χ1) is 23.3. The van der Waals surface area contributed by atoms with Gasteiger partial charge in [-0.1, -0.05) is 119 Å². The zero-order valence-electron chi connectivity index (χ0n) is 28.6. The molecule has 3 nitrogen and oxygen atoms in total. The molecule has 0 radical (unpaired) electrons. The second kappa shape index (κ2) is 11.7. The topological polar surface area (TPSA) is 21.9 Å². The zero-order valence-corrected chi connectivity index (χ0v) is 28.6. The molecule has 0 bridgehead atoms. The summed E-state index contributed by atoms with van der Waals surface area (Å²) in [5, 5.41) is 2.31. The van der Waals surface area contributed by atoms with Crippen molar-refractivity contribution in [3.63, 3.8) is 0 Å². The summed E-state index contributed by atoms with van der Waals surface area (Å²) >= 11 is 0. The van der Waals surface area contributed by atoms with E-state index in [1.165, 1.54) is 61.2 Å². The van der Waals surface area contributed by atoms with E-state index in [1.54, 1.807) is 0 Å². The maximum Gasteiger partial charge on any atom is 0.295 e. The molecule has 0 spiro atoms. The van der Waals surface area contributed by atoms with E-state index in [2.05, 4.69) is 178 Å². The quantitative estimate of drug-likeness (QED) is 0.169. The van der Waals surface area contributed by atoms with Gasteiger partial charge >= 0.3 is 0 Å². The summed E-state index contributed by atoms with van der Waals surface area (Å²) in [6.45, 7) is 11.5. The van der Waals surface area contributed by atoms with Gasteiger partial charge in [-0.15, -0.1) is 0 Å². The minimum atomic E-state index is 0.298. The van der Waals surface area contributed by atoms with Gasteiger partial charge < -0.3 is 4.42 Å². The molecule has 0 amide bonds. The highest BCUT2D eigenvalue weighted by molar-refractivity contribution is 6.12. The molecule has 236 valence electrons. The van der Waals surface area contributed by atoms with Gasteiger partial charge in [0.25, 0.3) is 5.82 Å². The Hall–Kier alpha value is -5.41. The van der Waals surface area contributed by atoms with Gasteiger partial charge in [0.05, 0.1) is 12.6 Å². The Kier molecular flexibility index (Phi) is 7.29. The van der Waals surface area contributed by atoms with Crippen LogP contribution < -0.4 is 4.57 Å². The molecule has 2 heterocycles. The number of hydrogen-bond acceptors (Lipinski definition) is 1. The summed E-state index contributed by atoms with van der Waals surface area (Å²) in [5.41, 5.74) is 15.6. The third kappa shape index (κ3) is 4.76. The fourth-order valence-electron chi connectivity index (χ4n) is 7.50. The van der Waals surface area contributed by atoms with Crippen molar-refractivity contribution in [2.45, 2.75) is 46.5 Å². The lowest BCUT2D eigenvalue weighted by Gasteiger charge is -2.21. The van der Waals surface area contributed by atoms with E-state index in [4.69, 9.17) is 4.42 Å². The second-order valence-corrected chi connectivity index (χ2v) is 13.7. The van der Waals surface area contributed by atoms with E-state index in [9.17, 15) is 0 Å². The molecule has 0 fully saturated rings. The Morgan fingerprint density at radius 2 is 1.17 bits per heavy atom. The number of imidazole rings is 1. The largest absolute Gasteiger partial charge is 0.456 e. The average Bonchev–Trinajstić information content (AvgIpc) is 3.63. The number of para-hydroxylation sites is 3. The van der Waals surface area contributed by atoms with Crippen LogP contribution in [0.3, 0.4) is 0 Å². The lowest BCUT2D eigenvalue weighted by atomic mass is 9.87. The number of aryl methyl sites for hydroxylation is 2. The van der Waals surface area contributed by atoms with E-state index < -0.39 is 0 Å². The van der Waals surface area contributed by atoms with Gasteiger partial charge in [0.15, 0.2) is 11.0 Å². The Morgan fingerprint density at radius 1 is 0.583 bits per heavy atom. The SMILES string of the molecule is Cc1ccc2oc3ccccc3c2c1-c1n(-c2c(C(C)C)cc(-c3ccc(-c4ccccc4)cc3)cc2C(C)C)c2ccccc2[n+]1C. The molecule has 0 atom stereocenters. The zero-order chi connectivity index (χ0) is 33.1. The van der Waals surface area contributed by atoms with E-state index >= 15 is 0 Å². The molecule has 0 saturated heterocycles. The third-order valence-corrected chi connectivity index (χ3v) is 9.95. The van der Waals surface area contributed by atoms with Gasteiger partial charge in [0.1, 0.15) is 16.9 Å². The van der Waals surface area contributed by atoms with Gasteiger partial charge in [-0.25, -0.2) is 4.57 Å². The lowest BCUT2D eigenvalue weighted by molar-refractivity contribution is -0.633. The number of nitrogens with zero attached hydrogens (tertiary/aromatic N) is 2. The first-order valence-corrected chi connectivity index (χ1v) is 17.1. The van der Waals surface area contributed by atoms with Crippen LogP contribution in [0.2, 0.25) is 0 Å². The van der Waals surface area contributed by atoms with Crippen molar-refractivity contribution in [3.8, 4) is 39.3 Å². The fourth-order valence-corrected chi connectivity index (χ4v) is 7.50. The number of rotatable bonds is 6. The normalized spacial score (nSPS) is 11.9. The van der Waals surface area contributed by atoms with Gasteiger partial charge in [-0.05, 0) is 83.0 Å². The van der Waals surface area contributed by atoms with Crippen molar-refractivity contribution in [2.24, 2.45) is 7.05 Å². The van der Waals surface area contributed by atoms with Crippen LogP contribution in [0.4, 0.5) is 0 Å². The first kappa shape index (κ1) is 30.0. The Balaban J connectivity index is 1.43. The number of benzene rings is 6. The predicted octanol–water partition coefficient (Wildman–Crippen LogP) is 11.9. The van der Waals surface area contributed by atoms with Gasteiger partial charge in [0, 0.05) is 21.9 Å². The van der Waals surface area contributed by atoms with Crippen LogP contribution in [-0.4, -0.2) is 4.57 Å². The first-order valence-electron chi connectivity index (χ1n) is 17.1. The summed E-state index contributed by atoms with van der Waals surface area (Å²) in [7, 11) is 2.21. The number of furan rings is 1. The molecule has 0 N–H and O–H groups in total. The smallest absolute Gasteiger partial charge is 0.295 e. The summed E-state index contributed by atoms with van der Waals surface area (Å²) < 4.78 is 11.4. The van der Waals surface area contributed by atoms with Crippen molar-refractivity contribution in [1.29, 1.82) is 0 Å².